The van der Waals surface area contributed by atoms with Gasteiger partial charge in [0.1, 0.15) is 0 Å². The van der Waals surface area contributed by atoms with Crippen molar-refractivity contribution in [1.29, 1.82) is 0 Å². The van der Waals surface area contributed by atoms with Gasteiger partial charge in [-0.3, -0.25) is 0 Å². The van der Waals surface area contributed by atoms with E-state index in [4.69, 9.17) is 5.11 Å². The summed E-state index contributed by atoms with van der Waals surface area (Å²) in [5.74, 6) is -0.993. The van der Waals surface area contributed by atoms with Crippen molar-refractivity contribution in [2.24, 2.45) is 0 Å². The zero-order valence-corrected chi connectivity index (χ0v) is 11.6. The summed E-state index contributed by atoms with van der Waals surface area (Å²) in [4.78, 5) is 23.9. The molecule has 6 heteroatoms. The molecule has 108 valence electrons. The number of anilines is 1. The number of urea groups is 1. The molecule has 0 aliphatic rings. The van der Waals surface area contributed by atoms with Crippen LogP contribution in [0.5, 0.6) is 0 Å². The summed E-state index contributed by atoms with van der Waals surface area (Å²) in [5.41, 5.74) is 1.41. The Morgan fingerprint density at radius 1 is 1.25 bits per heavy atom. The van der Waals surface area contributed by atoms with E-state index in [-0.39, 0.29) is 6.03 Å². The maximum Gasteiger partial charge on any atom is 0.328 e. The van der Waals surface area contributed by atoms with Crippen molar-refractivity contribution >= 4 is 23.8 Å². The highest BCUT2D eigenvalue weighted by Crippen LogP contribution is 2.10. The van der Waals surface area contributed by atoms with Crippen molar-refractivity contribution < 1.29 is 14.7 Å². The largest absolute Gasteiger partial charge is 0.478 e. The molecule has 0 fully saturated rings. The van der Waals surface area contributed by atoms with Crippen LogP contribution in [0.4, 0.5) is 10.5 Å². The molecule has 0 aliphatic heterocycles. The van der Waals surface area contributed by atoms with Gasteiger partial charge in [-0.2, -0.15) is 0 Å². The number of nitrogens with one attached hydrogen (secondary N) is 2. The number of rotatable bonds is 6. The van der Waals surface area contributed by atoms with E-state index in [1.54, 1.807) is 24.3 Å². The number of carbonyl (C=O) groups is 2. The molecule has 6 nitrogen and oxygen atoms in total. The number of nitrogens with zero attached hydrogens (tertiary/aromatic N) is 1. The first-order valence-corrected chi connectivity index (χ1v) is 6.18. The van der Waals surface area contributed by atoms with Crippen LogP contribution in [0.15, 0.2) is 30.3 Å². The Morgan fingerprint density at radius 3 is 2.45 bits per heavy atom. The Hall–Kier alpha value is -2.34. The highest BCUT2D eigenvalue weighted by Gasteiger charge is 2.01. The molecule has 3 N–H and O–H groups in total. The van der Waals surface area contributed by atoms with Gasteiger partial charge < -0.3 is 20.6 Å². The fraction of sp³-hybridized carbons (Fsp3) is 0.286. The molecule has 0 spiro atoms. The van der Waals surface area contributed by atoms with Gasteiger partial charge in [0.25, 0.3) is 0 Å². The number of carboxylic acids is 1. The minimum atomic E-state index is -0.993. The summed E-state index contributed by atoms with van der Waals surface area (Å²) in [5, 5.41) is 13.9. The first-order valence-electron chi connectivity index (χ1n) is 6.18. The third kappa shape index (κ3) is 6.55. The van der Waals surface area contributed by atoms with E-state index in [9.17, 15) is 9.59 Å². The first-order chi connectivity index (χ1) is 9.47. The zero-order valence-electron chi connectivity index (χ0n) is 11.6. The maximum atomic E-state index is 11.6. The molecule has 0 aromatic heterocycles. The molecule has 0 unspecified atom stereocenters. The van der Waals surface area contributed by atoms with E-state index < -0.39 is 5.97 Å². The molecule has 0 saturated carbocycles. The van der Waals surface area contributed by atoms with Crippen LogP contribution in [-0.2, 0) is 4.79 Å². The fourth-order valence-electron chi connectivity index (χ4n) is 1.41. The predicted molar refractivity (Wildman–Crippen MR) is 78.7 cm³/mol. The molecule has 1 aromatic rings. The lowest BCUT2D eigenvalue weighted by Crippen LogP contribution is -2.34. The van der Waals surface area contributed by atoms with Gasteiger partial charge in [0.2, 0.25) is 0 Å². The molecular formula is C14H19N3O3. The highest BCUT2D eigenvalue weighted by atomic mass is 16.4. The van der Waals surface area contributed by atoms with Crippen molar-refractivity contribution in [3.63, 3.8) is 0 Å². The summed E-state index contributed by atoms with van der Waals surface area (Å²) >= 11 is 0. The molecule has 0 aliphatic carbocycles. The maximum absolute atomic E-state index is 11.6. The summed E-state index contributed by atoms with van der Waals surface area (Å²) in [6, 6.07) is 6.63. The number of aliphatic carboxylic acids is 1. The Morgan fingerprint density at radius 2 is 1.90 bits per heavy atom. The van der Waals surface area contributed by atoms with E-state index in [2.05, 4.69) is 10.6 Å². The number of benzene rings is 1. The van der Waals surface area contributed by atoms with E-state index in [1.807, 2.05) is 19.0 Å². The average molecular weight is 277 g/mol. The van der Waals surface area contributed by atoms with Crippen LogP contribution in [0, 0.1) is 0 Å². The number of hydrogen-bond acceptors (Lipinski definition) is 3. The molecule has 0 atom stereocenters. The van der Waals surface area contributed by atoms with Crippen LogP contribution in [0.2, 0.25) is 0 Å². The van der Waals surface area contributed by atoms with Crippen molar-refractivity contribution in [3.05, 3.63) is 35.9 Å². The van der Waals surface area contributed by atoms with Gasteiger partial charge in [0.15, 0.2) is 0 Å². The van der Waals surface area contributed by atoms with E-state index >= 15 is 0 Å². The van der Waals surface area contributed by atoms with Crippen LogP contribution in [-0.4, -0.2) is 49.2 Å². The molecule has 0 saturated heterocycles. The smallest absolute Gasteiger partial charge is 0.328 e. The molecule has 1 rings (SSSR count). The number of likely N-dealkylation sites (N-methyl/N-ethyl adjacent to an activating group) is 1. The van der Waals surface area contributed by atoms with Gasteiger partial charge in [-0.25, -0.2) is 9.59 Å². The lowest BCUT2D eigenvalue weighted by molar-refractivity contribution is -0.131. The molecule has 20 heavy (non-hydrogen) atoms. The van der Waals surface area contributed by atoms with Gasteiger partial charge in [0.05, 0.1) is 0 Å². The molecule has 0 bridgehead atoms. The molecule has 0 radical (unpaired) electrons. The highest BCUT2D eigenvalue weighted by molar-refractivity contribution is 5.89. The van der Waals surface area contributed by atoms with Crippen LogP contribution < -0.4 is 10.6 Å². The van der Waals surface area contributed by atoms with Crippen molar-refractivity contribution in [2.45, 2.75) is 0 Å². The van der Waals surface area contributed by atoms with Gasteiger partial charge in [-0.1, -0.05) is 12.1 Å². The Balaban J connectivity index is 2.44. The molecule has 0 heterocycles. The number of carbonyl (C=O) groups excluding carboxylic acids is 1. The average Bonchev–Trinajstić information content (AvgIpc) is 2.37. The van der Waals surface area contributed by atoms with Crippen LogP contribution in [0.3, 0.4) is 0 Å². The lowest BCUT2D eigenvalue weighted by atomic mass is 10.2. The Kier molecular flexibility index (Phi) is 6.25. The van der Waals surface area contributed by atoms with Crippen LogP contribution in [0.1, 0.15) is 5.56 Å². The summed E-state index contributed by atoms with van der Waals surface area (Å²) in [6.07, 6.45) is 2.56. The van der Waals surface area contributed by atoms with Crippen molar-refractivity contribution in [1.82, 2.24) is 10.2 Å². The van der Waals surface area contributed by atoms with E-state index in [0.717, 1.165) is 18.2 Å². The van der Waals surface area contributed by atoms with Gasteiger partial charge in [-0.15, -0.1) is 0 Å². The zero-order chi connectivity index (χ0) is 15.0. The lowest BCUT2D eigenvalue weighted by Gasteiger charge is -2.11. The van der Waals surface area contributed by atoms with Crippen LogP contribution in [0.25, 0.3) is 6.08 Å². The second-order valence-electron chi connectivity index (χ2n) is 4.48. The topological polar surface area (TPSA) is 81.7 Å². The summed E-state index contributed by atoms with van der Waals surface area (Å²) < 4.78 is 0. The normalized spacial score (nSPS) is 10.8. The van der Waals surface area contributed by atoms with Crippen LogP contribution >= 0.6 is 0 Å². The van der Waals surface area contributed by atoms with Crippen molar-refractivity contribution in [2.75, 3.05) is 32.5 Å². The quantitative estimate of drug-likeness (QED) is 0.688. The van der Waals surface area contributed by atoms with Gasteiger partial charge in [-0.05, 0) is 37.9 Å². The van der Waals surface area contributed by atoms with E-state index in [1.165, 1.54) is 6.08 Å². The number of hydrogen-bond donors (Lipinski definition) is 3. The molecule has 1 aromatic carbocycles. The second-order valence-corrected chi connectivity index (χ2v) is 4.48. The summed E-state index contributed by atoms with van der Waals surface area (Å²) in [6.45, 7) is 1.34. The van der Waals surface area contributed by atoms with E-state index in [0.29, 0.717) is 12.2 Å². The monoisotopic (exact) mass is 277 g/mol. The SMILES string of the molecule is CN(C)CCNC(=O)Nc1ccc(/C=C/C(=O)O)cc1. The Bertz CT molecular complexity index is 481. The standard InChI is InChI=1S/C14H19N3O3/c1-17(2)10-9-15-14(20)16-12-6-3-11(4-7-12)5-8-13(18)19/h3-8H,9-10H2,1-2H3,(H,18,19)(H2,15,16,20)/b8-5+. The number of amides is 2. The third-order valence-electron chi connectivity index (χ3n) is 2.43. The van der Waals surface area contributed by atoms with Gasteiger partial charge >= 0.3 is 12.0 Å². The van der Waals surface area contributed by atoms with Gasteiger partial charge in [0, 0.05) is 24.9 Å². The summed E-state index contributed by atoms with van der Waals surface area (Å²) in [7, 11) is 3.87. The third-order valence-corrected chi connectivity index (χ3v) is 2.43. The fourth-order valence-corrected chi connectivity index (χ4v) is 1.41. The molecule has 2 amide bonds. The first kappa shape index (κ1) is 15.7. The van der Waals surface area contributed by atoms with Crippen molar-refractivity contribution in [3.8, 4) is 0 Å². The molecular weight excluding hydrogens is 258 g/mol. The predicted octanol–water partition coefficient (Wildman–Crippen LogP) is 1.47. The number of carboxylic acid groups (broad SMARTS) is 1. The minimum absolute atomic E-state index is 0.263. The Labute approximate surface area is 118 Å². The minimum Gasteiger partial charge on any atom is -0.478 e. The second kappa shape index (κ2) is 7.96.